The van der Waals surface area contributed by atoms with Crippen LogP contribution < -0.4 is 5.56 Å². The molecule has 5 nitrogen and oxygen atoms in total. The molecule has 1 aromatic heterocycles. The lowest BCUT2D eigenvalue weighted by molar-refractivity contribution is 0.0187. The Bertz CT molecular complexity index is 986. The summed E-state index contributed by atoms with van der Waals surface area (Å²) < 4.78 is 22.1. The molecule has 2 heterocycles. The van der Waals surface area contributed by atoms with Crippen molar-refractivity contribution in [1.29, 1.82) is 0 Å². The van der Waals surface area contributed by atoms with Gasteiger partial charge in [-0.1, -0.05) is 28.6 Å². The normalized spacial score (nSPS) is 15.7. The largest absolute Gasteiger partial charge is 0.444 e. The average molecular weight is 451 g/mol. The lowest BCUT2D eigenvalue weighted by atomic mass is 10.0. The summed E-state index contributed by atoms with van der Waals surface area (Å²) in [6, 6.07) is 2.91. The van der Waals surface area contributed by atoms with Gasteiger partial charge in [0.15, 0.2) is 0 Å². The van der Waals surface area contributed by atoms with E-state index in [1.54, 1.807) is 27.8 Å². The van der Waals surface area contributed by atoms with Crippen LogP contribution in [0.2, 0.25) is 0 Å². The van der Waals surface area contributed by atoms with Gasteiger partial charge in [-0.2, -0.15) is 0 Å². The number of pyridine rings is 1. The number of nitrogens with zero attached hydrogens (tertiary/aromatic N) is 2. The summed E-state index contributed by atoms with van der Waals surface area (Å²) in [6.45, 7) is 10.3. The second-order valence-electron chi connectivity index (χ2n) is 8.01. The van der Waals surface area contributed by atoms with Crippen LogP contribution in [0, 0.1) is 5.82 Å². The molecule has 0 saturated carbocycles. The third-order valence-corrected chi connectivity index (χ3v) is 5.28. The SMILES string of the molecule is C=Cc1cn(C2CCN(C(=O)OC(C)(C)C)CC2)c(=O)c2c(F)cc(Br)cc12. The Morgan fingerprint density at radius 2 is 1.96 bits per heavy atom. The summed E-state index contributed by atoms with van der Waals surface area (Å²) in [6.07, 6.45) is 4.20. The molecule has 3 rings (SSSR count). The Hall–Kier alpha value is -2.15. The fourth-order valence-corrected chi connectivity index (χ4v) is 3.94. The molecule has 2 aromatic rings. The van der Waals surface area contributed by atoms with E-state index in [-0.39, 0.29) is 23.1 Å². The van der Waals surface area contributed by atoms with Gasteiger partial charge < -0.3 is 14.2 Å². The first-order chi connectivity index (χ1) is 13.1. The molecule has 0 aliphatic carbocycles. The molecule has 1 saturated heterocycles. The van der Waals surface area contributed by atoms with Crippen LogP contribution in [0.5, 0.6) is 0 Å². The molecule has 0 N–H and O–H groups in total. The van der Waals surface area contributed by atoms with Crippen LogP contribution >= 0.6 is 15.9 Å². The van der Waals surface area contributed by atoms with Crippen LogP contribution in [0.1, 0.15) is 45.2 Å². The van der Waals surface area contributed by atoms with E-state index in [9.17, 15) is 14.0 Å². The highest BCUT2D eigenvalue weighted by Crippen LogP contribution is 2.28. The minimum Gasteiger partial charge on any atom is -0.444 e. The lowest BCUT2D eigenvalue weighted by Gasteiger charge is -2.34. The highest BCUT2D eigenvalue weighted by molar-refractivity contribution is 9.10. The predicted molar refractivity (Wildman–Crippen MR) is 112 cm³/mol. The summed E-state index contributed by atoms with van der Waals surface area (Å²) in [7, 11) is 0. The molecule has 1 fully saturated rings. The molecule has 1 aliphatic rings. The molecule has 0 atom stereocenters. The third kappa shape index (κ3) is 4.14. The quantitative estimate of drug-likeness (QED) is 0.637. The van der Waals surface area contributed by atoms with Gasteiger partial charge in [-0.15, -0.1) is 0 Å². The molecule has 1 aliphatic heterocycles. The lowest BCUT2D eigenvalue weighted by Crippen LogP contribution is -2.43. The van der Waals surface area contributed by atoms with E-state index in [0.717, 1.165) is 0 Å². The number of amides is 1. The van der Waals surface area contributed by atoms with Crippen LogP contribution in [0.3, 0.4) is 0 Å². The van der Waals surface area contributed by atoms with Gasteiger partial charge >= 0.3 is 6.09 Å². The van der Waals surface area contributed by atoms with Crippen LogP contribution in [0.25, 0.3) is 16.8 Å². The maximum absolute atomic E-state index is 14.5. The van der Waals surface area contributed by atoms with Gasteiger partial charge in [0.1, 0.15) is 11.4 Å². The number of likely N-dealkylation sites (tertiary alicyclic amines) is 1. The Kier molecular flexibility index (Phi) is 5.66. The van der Waals surface area contributed by atoms with Crippen LogP contribution in [0.4, 0.5) is 9.18 Å². The van der Waals surface area contributed by atoms with Crippen molar-refractivity contribution in [2.45, 2.75) is 45.3 Å². The first kappa shape index (κ1) is 20.6. The molecule has 0 radical (unpaired) electrons. The van der Waals surface area contributed by atoms with E-state index >= 15 is 0 Å². The number of fused-ring (bicyclic) bond motifs is 1. The maximum atomic E-state index is 14.5. The summed E-state index contributed by atoms with van der Waals surface area (Å²) >= 11 is 3.27. The number of benzene rings is 1. The fraction of sp³-hybridized carbons (Fsp3) is 0.429. The van der Waals surface area contributed by atoms with Crippen molar-refractivity contribution in [3.05, 3.63) is 51.1 Å². The highest BCUT2D eigenvalue weighted by atomic mass is 79.9. The van der Waals surface area contributed by atoms with Crippen molar-refractivity contribution >= 4 is 38.9 Å². The number of piperidine rings is 1. The first-order valence-electron chi connectivity index (χ1n) is 9.25. The third-order valence-electron chi connectivity index (χ3n) is 4.82. The summed E-state index contributed by atoms with van der Waals surface area (Å²) in [5.41, 5.74) is -0.209. The Morgan fingerprint density at radius 1 is 1.32 bits per heavy atom. The zero-order chi connectivity index (χ0) is 20.6. The van der Waals surface area contributed by atoms with Crippen LogP contribution in [-0.4, -0.2) is 34.3 Å². The number of carbonyl (C=O) groups is 1. The maximum Gasteiger partial charge on any atom is 0.410 e. The van der Waals surface area contributed by atoms with Gasteiger partial charge in [-0.05, 0) is 56.7 Å². The molecule has 1 aromatic carbocycles. The number of hydrogen-bond acceptors (Lipinski definition) is 3. The van der Waals surface area contributed by atoms with Crippen molar-refractivity contribution < 1.29 is 13.9 Å². The average Bonchev–Trinajstić information content (AvgIpc) is 2.60. The predicted octanol–water partition coefficient (Wildman–Crippen LogP) is 5.12. The second-order valence-corrected chi connectivity index (χ2v) is 8.93. The van der Waals surface area contributed by atoms with Crippen molar-refractivity contribution in [3.63, 3.8) is 0 Å². The number of halogens is 2. The molecule has 0 spiro atoms. The minimum atomic E-state index is -0.557. The Morgan fingerprint density at radius 3 is 2.54 bits per heavy atom. The van der Waals surface area contributed by atoms with E-state index in [1.165, 1.54) is 6.07 Å². The molecule has 7 heteroatoms. The van der Waals surface area contributed by atoms with Gasteiger partial charge in [0, 0.05) is 29.8 Å². The number of ether oxygens (including phenoxy) is 1. The number of aromatic nitrogens is 1. The van der Waals surface area contributed by atoms with Crippen molar-refractivity contribution in [3.8, 4) is 0 Å². The van der Waals surface area contributed by atoms with Gasteiger partial charge in [-0.25, -0.2) is 9.18 Å². The zero-order valence-corrected chi connectivity index (χ0v) is 17.9. The topological polar surface area (TPSA) is 51.5 Å². The van der Waals surface area contributed by atoms with Gasteiger partial charge in [0.25, 0.3) is 5.56 Å². The first-order valence-corrected chi connectivity index (χ1v) is 10.0. The van der Waals surface area contributed by atoms with Crippen molar-refractivity contribution in [2.24, 2.45) is 0 Å². The van der Waals surface area contributed by atoms with E-state index in [1.807, 2.05) is 20.8 Å². The van der Waals surface area contributed by atoms with Crippen LogP contribution in [0.15, 0.2) is 34.2 Å². The Labute approximate surface area is 171 Å². The molecule has 28 heavy (non-hydrogen) atoms. The zero-order valence-electron chi connectivity index (χ0n) is 16.3. The second kappa shape index (κ2) is 7.70. The van der Waals surface area contributed by atoms with Gasteiger partial charge in [-0.3, -0.25) is 4.79 Å². The summed E-state index contributed by atoms with van der Waals surface area (Å²) in [5.74, 6) is -0.557. The summed E-state index contributed by atoms with van der Waals surface area (Å²) in [5, 5.41) is 0.601. The van der Waals surface area contributed by atoms with Crippen LogP contribution in [-0.2, 0) is 4.74 Å². The van der Waals surface area contributed by atoms with E-state index in [4.69, 9.17) is 4.74 Å². The standard InChI is InChI=1S/C21H24BrFN2O3/c1-5-13-12-25(19(26)18-16(13)10-14(22)11-17(18)23)15-6-8-24(9-7-15)20(27)28-21(2,3)4/h5,10-12,15H,1,6-9H2,2-4H3. The number of rotatable bonds is 2. The number of hydrogen-bond donors (Lipinski definition) is 0. The van der Waals surface area contributed by atoms with Crippen molar-refractivity contribution in [1.82, 2.24) is 9.47 Å². The molecular formula is C21H24BrFN2O3. The molecule has 1 amide bonds. The number of carbonyl (C=O) groups excluding carboxylic acids is 1. The minimum absolute atomic E-state index is 0.0650. The fourth-order valence-electron chi connectivity index (χ4n) is 3.51. The van der Waals surface area contributed by atoms with E-state index in [0.29, 0.717) is 41.4 Å². The highest BCUT2D eigenvalue weighted by Gasteiger charge is 2.28. The van der Waals surface area contributed by atoms with E-state index in [2.05, 4.69) is 22.5 Å². The monoisotopic (exact) mass is 450 g/mol. The Balaban J connectivity index is 1.90. The molecule has 150 valence electrons. The molecular weight excluding hydrogens is 427 g/mol. The summed E-state index contributed by atoms with van der Waals surface area (Å²) in [4.78, 5) is 26.9. The molecule has 0 unspecified atom stereocenters. The van der Waals surface area contributed by atoms with Gasteiger partial charge in [0.05, 0.1) is 5.39 Å². The smallest absolute Gasteiger partial charge is 0.410 e. The van der Waals surface area contributed by atoms with Gasteiger partial charge in [0.2, 0.25) is 0 Å². The van der Waals surface area contributed by atoms with E-state index < -0.39 is 11.4 Å². The van der Waals surface area contributed by atoms with Crippen molar-refractivity contribution in [2.75, 3.05) is 13.1 Å². The molecule has 0 bridgehead atoms.